The molecule has 0 unspecified atom stereocenters. The highest BCUT2D eigenvalue weighted by Gasteiger charge is 2.33. The smallest absolute Gasteiger partial charge is 0.248 e. The predicted octanol–water partition coefficient (Wildman–Crippen LogP) is 2.63. The summed E-state index contributed by atoms with van der Waals surface area (Å²) < 4.78 is 0. The third-order valence-corrected chi connectivity index (χ3v) is 6.02. The van der Waals surface area contributed by atoms with E-state index in [1.165, 1.54) is 0 Å². The molecule has 0 spiro atoms. The minimum atomic E-state index is -0.836. The fraction of sp³-hybridized carbons (Fsp3) is 0.346. The number of aromatic amines is 1. The molecule has 8 heteroatoms. The van der Waals surface area contributed by atoms with Crippen LogP contribution in [0.2, 0.25) is 0 Å². The molecule has 0 saturated heterocycles. The van der Waals surface area contributed by atoms with E-state index in [2.05, 4.69) is 9.97 Å². The average molecular weight is 464 g/mol. The normalized spacial score (nSPS) is 13.0. The van der Waals surface area contributed by atoms with E-state index in [4.69, 9.17) is 11.5 Å². The molecule has 180 valence electrons. The Morgan fingerprint density at radius 1 is 1.12 bits per heavy atom. The van der Waals surface area contributed by atoms with Gasteiger partial charge in [-0.15, -0.1) is 0 Å². The zero-order chi connectivity index (χ0) is 25.0. The van der Waals surface area contributed by atoms with Crippen molar-refractivity contribution in [1.29, 1.82) is 0 Å². The number of hydrogen-bond acceptors (Lipinski definition) is 5. The number of H-pyrrole nitrogens is 1. The van der Waals surface area contributed by atoms with Gasteiger partial charge in [0, 0.05) is 23.4 Å². The van der Waals surface area contributed by atoms with Gasteiger partial charge in [-0.05, 0) is 62.9 Å². The first-order chi connectivity index (χ1) is 16.1. The number of rotatable bonds is 9. The van der Waals surface area contributed by atoms with Crippen LogP contribution in [-0.2, 0) is 11.2 Å². The maximum atomic E-state index is 13.5. The zero-order valence-corrected chi connectivity index (χ0v) is 20.1. The van der Waals surface area contributed by atoms with Crippen molar-refractivity contribution in [2.24, 2.45) is 11.5 Å². The lowest BCUT2D eigenvalue weighted by Gasteiger charge is -2.35. The van der Waals surface area contributed by atoms with Gasteiger partial charge in [0.2, 0.25) is 11.8 Å². The number of aromatic nitrogens is 2. The van der Waals surface area contributed by atoms with Crippen molar-refractivity contribution in [3.8, 4) is 11.3 Å². The molecule has 2 aromatic carbocycles. The summed E-state index contributed by atoms with van der Waals surface area (Å²) in [7, 11) is 0. The number of aryl methyl sites for hydroxylation is 2. The van der Waals surface area contributed by atoms with Crippen molar-refractivity contribution < 1.29 is 14.7 Å². The first-order valence-electron chi connectivity index (χ1n) is 11.3. The molecule has 2 amide bonds. The molecule has 0 saturated carbocycles. The third-order valence-electron chi connectivity index (χ3n) is 6.02. The van der Waals surface area contributed by atoms with Gasteiger partial charge in [-0.1, -0.05) is 30.3 Å². The second kappa shape index (κ2) is 10.6. The molecular weight excluding hydrogens is 430 g/mol. The Morgan fingerprint density at radius 3 is 2.26 bits per heavy atom. The molecule has 3 aromatic rings. The molecule has 34 heavy (non-hydrogen) atoms. The van der Waals surface area contributed by atoms with Gasteiger partial charge >= 0.3 is 0 Å². The van der Waals surface area contributed by atoms with Crippen LogP contribution in [0.1, 0.15) is 52.8 Å². The highest BCUT2D eigenvalue weighted by atomic mass is 16.3. The van der Waals surface area contributed by atoms with Crippen LogP contribution in [0.25, 0.3) is 11.3 Å². The molecule has 2 atom stereocenters. The largest absolute Gasteiger partial charge is 0.394 e. The number of nitrogens with one attached hydrogen (secondary N) is 1. The lowest BCUT2D eigenvalue weighted by molar-refractivity contribution is -0.138. The number of benzene rings is 2. The van der Waals surface area contributed by atoms with Crippen molar-refractivity contribution in [2.45, 2.75) is 52.2 Å². The first kappa shape index (κ1) is 25.1. The van der Waals surface area contributed by atoms with Gasteiger partial charge in [0.25, 0.3) is 0 Å². The molecule has 1 heterocycles. The zero-order valence-electron chi connectivity index (χ0n) is 20.1. The van der Waals surface area contributed by atoms with Gasteiger partial charge in [0.05, 0.1) is 18.3 Å². The number of hydrogen-bond donors (Lipinski definition) is 4. The number of aliphatic hydroxyl groups is 1. The number of nitrogens with zero attached hydrogens (tertiary/aromatic N) is 2. The standard InChI is InChI=1S/C26H33N5O3/c1-15(2)31(23(14-32)25-29-13-22(30-25)18-8-6-5-7-9-18)26(34)21(27)12-20-16(3)10-19(24(28)33)11-17(20)4/h5-11,13,15,21,23,32H,12,14,27H2,1-4H3,(H2,28,33)(H,29,30)/t21-,23-/m0/s1. The highest BCUT2D eigenvalue weighted by Crippen LogP contribution is 2.26. The summed E-state index contributed by atoms with van der Waals surface area (Å²) in [6.07, 6.45) is 2.06. The maximum Gasteiger partial charge on any atom is 0.248 e. The number of amides is 2. The van der Waals surface area contributed by atoms with Gasteiger partial charge in [0.15, 0.2) is 0 Å². The fourth-order valence-corrected chi connectivity index (χ4v) is 4.29. The number of imidazole rings is 1. The van der Waals surface area contributed by atoms with Crippen molar-refractivity contribution in [2.75, 3.05) is 6.61 Å². The Hall–Kier alpha value is -3.49. The third kappa shape index (κ3) is 5.35. The molecule has 0 aliphatic carbocycles. The van der Waals surface area contributed by atoms with Crippen LogP contribution in [0.5, 0.6) is 0 Å². The lowest BCUT2D eigenvalue weighted by atomic mass is 9.93. The second-order valence-electron chi connectivity index (χ2n) is 8.84. The fourth-order valence-electron chi connectivity index (χ4n) is 4.29. The summed E-state index contributed by atoms with van der Waals surface area (Å²) in [6.45, 7) is 7.20. The molecular formula is C26H33N5O3. The quantitative estimate of drug-likeness (QED) is 0.386. The maximum absolute atomic E-state index is 13.5. The first-order valence-corrected chi connectivity index (χ1v) is 11.3. The predicted molar refractivity (Wildman–Crippen MR) is 132 cm³/mol. The van der Waals surface area contributed by atoms with E-state index < -0.39 is 18.0 Å². The summed E-state index contributed by atoms with van der Waals surface area (Å²) in [5, 5.41) is 10.2. The summed E-state index contributed by atoms with van der Waals surface area (Å²) in [5.41, 5.74) is 16.5. The van der Waals surface area contributed by atoms with Crippen molar-refractivity contribution >= 4 is 11.8 Å². The lowest BCUT2D eigenvalue weighted by Crippen LogP contribution is -2.50. The van der Waals surface area contributed by atoms with E-state index in [0.717, 1.165) is 27.9 Å². The Bertz CT molecular complexity index is 1130. The van der Waals surface area contributed by atoms with Crippen molar-refractivity contribution in [3.05, 3.63) is 76.7 Å². The van der Waals surface area contributed by atoms with Gasteiger partial charge in [0.1, 0.15) is 11.9 Å². The Labute approximate surface area is 200 Å². The summed E-state index contributed by atoms with van der Waals surface area (Å²) in [5.74, 6) is -0.290. The number of nitrogens with two attached hydrogens (primary N) is 2. The molecule has 0 radical (unpaired) electrons. The molecule has 0 aliphatic rings. The van der Waals surface area contributed by atoms with Gasteiger partial charge in [-0.2, -0.15) is 0 Å². The molecule has 0 bridgehead atoms. The number of aliphatic hydroxyl groups excluding tert-OH is 1. The number of primary amides is 1. The molecule has 0 fully saturated rings. The van der Waals surface area contributed by atoms with E-state index in [0.29, 0.717) is 17.8 Å². The van der Waals surface area contributed by atoms with Crippen LogP contribution >= 0.6 is 0 Å². The van der Waals surface area contributed by atoms with Crippen LogP contribution in [0.15, 0.2) is 48.7 Å². The molecule has 1 aromatic heterocycles. The summed E-state index contributed by atoms with van der Waals surface area (Å²) >= 11 is 0. The van der Waals surface area contributed by atoms with Crippen LogP contribution in [0.4, 0.5) is 0 Å². The molecule has 8 nitrogen and oxygen atoms in total. The van der Waals surface area contributed by atoms with E-state index in [1.807, 2.05) is 58.0 Å². The summed E-state index contributed by atoms with van der Waals surface area (Å²) in [4.78, 5) is 34.4. The average Bonchev–Trinajstić information content (AvgIpc) is 3.29. The van der Waals surface area contributed by atoms with E-state index in [9.17, 15) is 14.7 Å². The van der Waals surface area contributed by atoms with Crippen molar-refractivity contribution in [3.63, 3.8) is 0 Å². The van der Waals surface area contributed by atoms with E-state index >= 15 is 0 Å². The Balaban J connectivity index is 1.86. The molecule has 3 rings (SSSR count). The van der Waals surface area contributed by atoms with Crippen molar-refractivity contribution in [1.82, 2.24) is 14.9 Å². The molecule has 6 N–H and O–H groups in total. The monoisotopic (exact) mass is 463 g/mol. The van der Waals surface area contributed by atoms with Crippen LogP contribution < -0.4 is 11.5 Å². The topological polar surface area (TPSA) is 138 Å². The minimum Gasteiger partial charge on any atom is -0.394 e. The highest BCUT2D eigenvalue weighted by molar-refractivity contribution is 5.93. The van der Waals surface area contributed by atoms with Gasteiger partial charge in [-0.3, -0.25) is 9.59 Å². The minimum absolute atomic E-state index is 0.222. The van der Waals surface area contributed by atoms with Crippen LogP contribution in [-0.4, -0.2) is 50.5 Å². The Morgan fingerprint density at radius 2 is 1.74 bits per heavy atom. The van der Waals surface area contributed by atoms with Gasteiger partial charge in [-0.25, -0.2) is 4.98 Å². The Kier molecular flexibility index (Phi) is 7.86. The summed E-state index contributed by atoms with van der Waals surface area (Å²) in [6, 6.07) is 11.4. The van der Waals surface area contributed by atoms with Crippen LogP contribution in [0, 0.1) is 13.8 Å². The second-order valence-corrected chi connectivity index (χ2v) is 8.84. The SMILES string of the molecule is Cc1cc(C(N)=O)cc(C)c1C[C@H](N)C(=O)N(C(C)C)[C@@H](CO)c1nc(-c2ccccc2)c[nH]1. The van der Waals surface area contributed by atoms with E-state index in [1.54, 1.807) is 23.2 Å². The van der Waals surface area contributed by atoms with E-state index in [-0.39, 0.29) is 18.6 Å². The number of carbonyl (C=O) groups excluding carboxylic acids is 2. The molecule has 0 aliphatic heterocycles. The number of carbonyl (C=O) groups is 2. The van der Waals surface area contributed by atoms with Crippen LogP contribution in [0.3, 0.4) is 0 Å². The van der Waals surface area contributed by atoms with Gasteiger partial charge < -0.3 is 26.5 Å².